The molecule has 9 heteroatoms. The van der Waals surface area contributed by atoms with E-state index in [1.165, 1.54) is 11.3 Å². The number of hydrogen-bond donors (Lipinski definition) is 1. The first-order valence-electron chi connectivity index (χ1n) is 15.2. The van der Waals surface area contributed by atoms with Crippen molar-refractivity contribution in [2.45, 2.75) is 32.4 Å². The molecular formula is C35H38N2O6S. The minimum atomic E-state index is -0.0980. The third-order valence-electron chi connectivity index (χ3n) is 8.54. The Bertz CT molecular complexity index is 1640. The number of rotatable bonds is 11. The molecule has 2 saturated heterocycles. The average Bonchev–Trinajstić information content (AvgIpc) is 3.66. The molecule has 8 nitrogen and oxygen atoms in total. The number of likely N-dealkylation sites (tertiary alicyclic amines) is 1. The van der Waals surface area contributed by atoms with Gasteiger partial charge in [-0.15, -0.1) is 11.3 Å². The van der Waals surface area contributed by atoms with Crippen LogP contribution in [0.3, 0.4) is 0 Å². The Balaban J connectivity index is 1.24. The van der Waals surface area contributed by atoms with Crippen LogP contribution in [0.4, 0.5) is 0 Å². The molecule has 6 rings (SSSR count). The molecule has 3 aromatic carbocycles. The standard InChI is InChI=1S/C35H38N2O6S/c1-23(38)30-4-3-13-37(30)16-19-43-28-10-7-24(8-11-28)35-33(29-12-9-27(39)21-32(29)44-35)34(40)25-5-6-26(31(20-25)41-2)22-36-14-17-42-18-15-36/h5-12,20-21,30,39H,3-4,13-19,22H2,1-2H3. The molecule has 3 heterocycles. The van der Waals surface area contributed by atoms with Gasteiger partial charge in [0.25, 0.3) is 0 Å². The monoisotopic (exact) mass is 614 g/mol. The number of morpholine rings is 1. The largest absolute Gasteiger partial charge is 0.508 e. The second-order valence-electron chi connectivity index (χ2n) is 11.4. The predicted octanol–water partition coefficient (Wildman–Crippen LogP) is 5.78. The summed E-state index contributed by atoms with van der Waals surface area (Å²) in [6.45, 7) is 7.69. The molecule has 0 aliphatic carbocycles. The molecule has 0 radical (unpaired) electrons. The topological polar surface area (TPSA) is 88.5 Å². The van der Waals surface area contributed by atoms with Gasteiger partial charge in [0, 0.05) is 57.8 Å². The van der Waals surface area contributed by atoms with Crippen LogP contribution in [0.1, 0.15) is 41.3 Å². The first kappa shape index (κ1) is 30.3. The number of ketones is 2. The van der Waals surface area contributed by atoms with Gasteiger partial charge in [-0.05, 0) is 80.4 Å². The highest BCUT2D eigenvalue weighted by Gasteiger charge is 2.28. The van der Waals surface area contributed by atoms with Crippen molar-refractivity contribution < 1.29 is 28.9 Å². The molecule has 1 unspecified atom stereocenters. The molecule has 2 aliphatic rings. The number of thiophene rings is 1. The Morgan fingerprint density at radius 3 is 2.57 bits per heavy atom. The van der Waals surface area contributed by atoms with E-state index in [1.807, 2.05) is 48.5 Å². The lowest BCUT2D eigenvalue weighted by Gasteiger charge is -2.27. The molecule has 1 aromatic heterocycles. The van der Waals surface area contributed by atoms with Crippen LogP contribution in [0.25, 0.3) is 20.5 Å². The number of phenolic OH excluding ortho intramolecular Hbond substituents is 1. The fraction of sp³-hybridized carbons (Fsp3) is 0.371. The van der Waals surface area contributed by atoms with Crippen molar-refractivity contribution in [2.24, 2.45) is 0 Å². The SMILES string of the molecule is COc1cc(C(=O)c2c(-c3ccc(OCCN4CCCC4C(C)=O)cc3)sc3cc(O)ccc23)ccc1CN1CCOCC1. The normalized spacial score (nSPS) is 17.6. The third kappa shape index (κ3) is 6.51. The van der Waals surface area contributed by atoms with Crippen LogP contribution >= 0.6 is 11.3 Å². The summed E-state index contributed by atoms with van der Waals surface area (Å²) in [7, 11) is 1.64. The number of nitrogens with zero attached hydrogens (tertiary/aromatic N) is 2. The molecule has 44 heavy (non-hydrogen) atoms. The maximum absolute atomic E-state index is 14.2. The van der Waals surface area contributed by atoms with E-state index in [4.69, 9.17) is 14.2 Å². The number of fused-ring (bicyclic) bond motifs is 1. The van der Waals surface area contributed by atoms with Crippen molar-refractivity contribution in [1.29, 1.82) is 0 Å². The second-order valence-corrected chi connectivity index (χ2v) is 12.5. The van der Waals surface area contributed by atoms with Crippen LogP contribution in [0.5, 0.6) is 17.2 Å². The van der Waals surface area contributed by atoms with E-state index in [0.717, 1.165) is 84.1 Å². The lowest BCUT2D eigenvalue weighted by Crippen LogP contribution is -2.37. The molecule has 2 fully saturated rings. The van der Waals surface area contributed by atoms with Crippen LogP contribution in [-0.2, 0) is 16.1 Å². The van der Waals surface area contributed by atoms with Gasteiger partial charge < -0.3 is 19.3 Å². The van der Waals surface area contributed by atoms with Crippen molar-refractivity contribution in [2.75, 3.05) is 53.1 Å². The number of ether oxygens (including phenoxy) is 3. The Morgan fingerprint density at radius 1 is 1.02 bits per heavy atom. The number of aromatic hydroxyl groups is 1. The zero-order valence-electron chi connectivity index (χ0n) is 25.2. The van der Waals surface area contributed by atoms with Crippen LogP contribution in [0.15, 0.2) is 60.7 Å². The van der Waals surface area contributed by atoms with Gasteiger partial charge in [0.2, 0.25) is 0 Å². The summed E-state index contributed by atoms with van der Waals surface area (Å²) in [6.07, 6.45) is 1.96. The minimum absolute atomic E-state index is 0.00488. The van der Waals surface area contributed by atoms with E-state index < -0.39 is 0 Å². The van der Waals surface area contributed by atoms with Gasteiger partial charge in [0.1, 0.15) is 29.6 Å². The Kier molecular flexibility index (Phi) is 9.28. The van der Waals surface area contributed by atoms with Crippen LogP contribution in [0, 0.1) is 0 Å². The Morgan fingerprint density at radius 2 is 1.82 bits per heavy atom. The Labute approximate surface area is 261 Å². The predicted molar refractivity (Wildman–Crippen MR) is 172 cm³/mol. The molecule has 1 atom stereocenters. The second kappa shape index (κ2) is 13.5. The summed E-state index contributed by atoms with van der Waals surface area (Å²) < 4.78 is 18.1. The smallest absolute Gasteiger partial charge is 0.195 e. The summed E-state index contributed by atoms with van der Waals surface area (Å²) in [5.74, 6) is 1.70. The zero-order chi connectivity index (χ0) is 30.6. The lowest BCUT2D eigenvalue weighted by molar-refractivity contribution is -0.121. The van der Waals surface area contributed by atoms with Gasteiger partial charge in [0.15, 0.2) is 5.78 Å². The minimum Gasteiger partial charge on any atom is -0.508 e. The van der Waals surface area contributed by atoms with Crippen LogP contribution in [-0.4, -0.2) is 85.6 Å². The zero-order valence-corrected chi connectivity index (χ0v) is 26.0. The van der Waals surface area contributed by atoms with E-state index in [2.05, 4.69) is 9.80 Å². The summed E-state index contributed by atoms with van der Waals surface area (Å²) in [6, 6.07) is 18.6. The maximum Gasteiger partial charge on any atom is 0.195 e. The van der Waals surface area contributed by atoms with Crippen molar-refractivity contribution in [3.05, 3.63) is 77.4 Å². The fourth-order valence-corrected chi connectivity index (χ4v) is 7.45. The lowest BCUT2D eigenvalue weighted by atomic mass is 9.96. The fourth-order valence-electron chi connectivity index (χ4n) is 6.21. The highest BCUT2D eigenvalue weighted by Crippen LogP contribution is 2.42. The molecule has 2 aliphatic heterocycles. The van der Waals surface area contributed by atoms with E-state index in [9.17, 15) is 14.7 Å². The molecule has 230 valence electrons. The first-order chi connectivity index (χ1) is 21.4. The highest BCUT2D eigenvalue weighted by atomic mass is 32.1. The van der Waals surface area contributed by atoms with Crippen molar-refractivity contribution >= 4 is 33.0 Å². The number of benzene rings is 3. The number of phenols is 1. The molecule has 1 N–H and O–H groups in total. The van der Waals surface area contributed by atoms with Crippen molar-refractivity contribution in [3.8, 4) is 27.7 Å². The van der Waals surface area contributed by atoms with Crippen LogP contribution < -0.4 is 9.47 Å². The quantitative estimate of drug-likeness (QED) is 0.213. The number of hydrogen-bond acceptors (Lipinski definition) is 9. The molecule has 0 bridgehead atoms. The van der Waals surface area contributed by atoms with Crippen molar-refractivity contribution in [3.63, 3.8) is 0 Å². The summed E-state index contributed by atoms with van der Waals surface area (Å²) in [5, 5.41) is 11.0. The highest BCUT2D eigenvalue weighted by molar-refractivity contribution is 7.22. The van der Waals surface area contributed by atoms with E-state index in [0.29, 0.717) is 30.0 Å². The number of carbonyl (C=O) groups is 2. The maximum atomic E-state index is 14.2. The van der Waals surface area contributed by atoms with Gasteiger partial charge >= 0.3 is 0 Å². The van der Waals surface area contributed by atoms with Crippen molar-refractivity contribution in [1.82, 2.24) is 9.80 Å². The molecule has 0 spiro atoms. The summed E-state index contributed by atoms with van der Waals surface area (Å²) >= 11 is 1.48. The van der Waals surface area contributed by atoms with Gasteiger partial charge in [-0.25, -0.2) is 0 Å². The van der Waals surface area contributed by atoms with E-state index in [1.54, 1.807) is 26.2 Å². The average molecular weight is 615 g/mol. The number of methoxy groups -OCH3 is 1. The van der Waals surface area contributed by atoms with E-state index in [-0.39, 0.29) is 23.4 Å². The summed E-state index contributed by atoms with van der Waals surface area (Å²) in [5.41, 5.74) is 3.08. The van der Waals surface area contributed by atoms with E-state index >= 15 is 0 Å². The molecule has 0 amide bonds. The Hall–Kier alpha value is -3.76. The number of carbonyl (C=O) groups excluding carboxylic acids is 2. The van der Waals surface area contributed by atoms with Gasteiger partial charge in [-0.3, -0.25) is 19.4 Å². The molecule has 4 aromatic rings. The molecular weight excluding hydrogens is 576 g/mol. The summed E-state index contributed by atoms with van der Waals surface area (Å²) in [4.78, 5) is 31.4. The van der Waals surface area contributed by atoms with Crippen LogP contribution in [0.2, 0.25) is 0 Å². The van der Waals surface area contributed by atoms with Gasteiger partial charge in [-0.1, -0.05) is 12.1 Å². The van der Waals surface area contributed by atoms with Gasteiger partial charge in [-0.2, -0.15) is 0 Å². The third-order valence-corrected chi connectivity index (χ3v) is 9.75. The van der Waals surface area contributed by atoms with Gasteiger partial charge in [0.05, 0.1) is 26.4 Å². The number of Topliss-reactive ketones (excluding diaryl/α,β-unsaturated/α-hetero) is 1. The first-order valence-corrected chi connectivity index (χ1v) is 16.0. The molecule has 0 saturated carbocycles.